The van der Waals surface area contributed by atoms with Crippen molar-refractivity contribution in [3.05, 3.63) is 53.7 Å². The van der Waals surface area contributed by atoms with Gasteiger partial charge in [-0.05, 0) is 42.2 Å². The molecule has 27 heavy (non-hydrogen) atoms. The van der Waals surface area contributed by atoms with Crippen molar-refractivity contribution >= 4 is 42.2 Å². The fraction of sp³-hybridized carbons (Fsp3) is 0.400. The van der Waals surface area contributed by atoms with Crippen molar-refractivity contribution < 1.29 is 4.79 Å². The van der Waals surface area contributed by atoms with E-state index in [9.17, 15) is 4.79 Å². The number of anilines is 2. The second-order valence-electron chi connectivity index (χ2n) is 6.62. The number of carbonyl (C=O) groups excluding carboxylic acids is 1. The zero-order valence-corrected chi connectivity index (χ0v) is 17.0. The average molecular weight is 411 g/mol. The van der Waals surface area contributed by atoms with Crippen LogP contribution in [0.25, 0.3) is 0 Å². The van der Waals surface area contributed by atoms with Gasteiger partial charge in [-0.2, -0.15) is 0 Å². The van der Waals surface area contributed by atoms with Crippen LogP contribution in [0.2, 0.25) is 0 Å². The Morgan fingerprint density at radius 2 is 1.59 bits per heavy atom. The van der Waals surface area contributed by atoms with Crippen LogP contribution >= 0.6 is 24.8 Å². The van der Waals surface area contributed by atoms with Crippen LogP contribution in [0.1, 0.15) is 36.8 Å². The zero-order valence-electron chi connectivity index (χ0n) is 15.4. The molecule has 2 aromatic rings. The van der Waals surface area contributed by atoms with E-state index >= 15 is 0 Å². The highest BCUT2D eigenvalue weighted by atomic mass is 35.5. The molecule has 2 heterocycles. The second-order valence-corrected chi connectivity index (χ2v) is 6.62. The number of hydrogen-bond acceptors (Lipinski definition) is 4. The lowest BCUT2D eigenvalue weighted by Crippen LogP contribution is -2.26. The second kappa shape index (κ2) is 11.7. The standard InChI is InChI=1S/C20H26N4O.2ClH/c21-18-8-5-16(6-9-18)13-20(25)23-15-17-7-10-19(22-14-17)24-11-3-1-2-4-12-24;;/h5-10,14H,1-4,11-13,15,21H2,(H,23,25);2*1H. The number of halogens is 2. The average Bonchev–Trinajstić information content (AvgIpc) is 2.92. The Morgan fingerprint density at radius 1 is 0.963 bits per heavy atom. The van der Waals surface area contributed by atoms with Gasteiger partial charge >= 0.3 is 0 Å². The molecule has 5 nitrogen and oxygen atoms in total. The molecule has 1 aliphatic rings. The summed E-state index contributed by atoms with van der Waals surface area (Å²) in [5.41, 5.74) is 8.34. The highest BCUT2D eigenvalue weighted by molar-refractivity contribution is 5.85. The SMILES string of the molecule is Cl.Cl.Nc1ccc(CC(=O)NCc2ccc(N3CCCCCC3)nc2)cc1. The van der Waals surface area contributed by atoms with E-state index in [1.807, 2.05) is 30.5 Å². The van der Waals surface area contributed by atoms with E-state index in [1.165, 1.54) is 25.7 Å². The lowest BCUT2D eigenvalue weighted by atomic mass is 10.1. The molecule has 148 valence electrons. The first kappa shape index (κ1) is 23.1. The number of pyridine rings is 1. The van der Waals surface area contributed by atoms with E-state index < -0.39 is 0 Å². The van der Waals surface area contributed by atoms with E-state index in [-0.39, 0.29) is 30.7 Å². The molecule has 0 unspecified atom stereocenters. The third-order valence-electron chi connectivity index (χ3n) is 4.57. The number of hydrogen-bond donors (Lipinski definition) is 2. The molecular formula is C20H28Cl2N4O. The van der Waals surface area contributed by atoms with Crippen LogP contribution in [-0.2, 0) is 17.8 Å². The quantitative estimate of drug-likeness (QED) is 0.736. The summed E-state index contributed by atoms with van der Waals surface area (Å²) >= 11 is 0. The highest BCUT2D eigenvalue weighted by Crippen LogP contribution is 2.17. The van der Waals surface area contributed by atoms with Gasteiger partial charge in [-0.25, -0.2) is 4.98 Å². The van der Waals surface area contributed by atoms with Crippen LogP contribution in [0.3, 0.4) is 0 Å². The maximum absolute atomic E-state index is 12.1. The summed E-state index contributed by atoms with van der Waals surface area (Å²) < 4.78 is 0. The lowest BCUT2D eigenvalue weighted by Gasteiger charge is -2.21. The van der Waals surface area contributed by atoms with Crippen molar-refractivity contribution in [3.8, 4) is 0 Å². The van der Waals surface area contributed by atoms with Gasteiger partial charge in [-0.1, -0.05) is 31.0 Å². The number of nitrogens with two attached hydrogens (primary N) is 1. The maximum Gasteiger partial charge on any atom is 0.224 e. The maximum atomic E-state index is 12.1. The van der Waals surface area contributed by atoms with Crippen LogP contribution in [0, 0.1) is 0 Å². The molecule has 3 N–H and O–H groups in total. The summed E-state index contributed by atoms with van der Waals surface area (Å²) in [5, 5.41) is 2.95. The van der Waals surface area contributed by atoms with Crippen molar-refractivity contribution in [3.63, 3.8) is 0 Å². The minimum Gasteiger partial charge on any atom is -0.399 e. The molecule has 0 spiro atoms. The Hall–Kier alpha value is -1.98. The minimum atomic E-state index is 0. The number of carbonyl (C=O) groups is 1. The number of nitrogens with one attached hydrogen (secondary N) is 1. The smallest absolute Gasteiger partial charge is 0.224 e. The first-order valence-electron chi connectivity index (χ1n) is 9.02. The molecule has 0 aliphatic carbocycles. The van der Waals surface area contributed by atoms with Crippen molar-refractivity contribution in [2.75, 3.05) is 23.7 Å². The molecule has 0 saturated carbocycles. The summed E-state index contributed by atoms with van der Waals surface area (Å²) in [6.45, 7) is 2.68. The van der Waals surface area contributed by atoms with Crippen LogP contribution in [0.15, 0.2) is 42.6 Å². The Labute approximate surface area is 173 Å². The van der Waals surface area contributed by atoms with Crippen molar-refractivity contribution in [2.45, 2.75) is 38.6 Å². The number of benzene rings is 1. The van der Waals surface area contributed by atoms with Gasteiger partial charge in [0, 0.05) is 31.5 Å². The number of aromatic nitrogens is 1. The van der Waals surface area contributed by atoms with E-state index in [1.54, 1.807) is 0 Å². The van der Waals surface area contributed by atoms with Crippen LogP contribution in [0.4, 0.5) is 11.5 Å². The number of nitrogens with zero attached hydrogens (tertiary/aromatic N) is 2. The molecule has 3 rings (SSSR count). The van der Waals surface area contributed by atoms with Gasteiger partial charge < -0.3 is 16.0 Å². The topological polar surface area (TPSA) is 71.2 Å². The Bertz CT molecular complexity index is 684. The van der Waals surface area contributed by atoms with Gasteiger partial charge in [0.15, 0.2) is 0 Å². The monoisotopic (exact) mass is 410 g/mol. The van der Waals surface area contributed by atoms with Gasteiger partial charge in [0.2, 0.25) is 5.91 Å². The Balaban J connectivity index is 0.00000182. The number of rotatable bonds is 5. The van der Waals surface area contributed by atoms with E-state index in [0.717, 1.165) is 30.0 Å². The van der Waals surface area contributed by atoms with Crippen molar-refractivity contribution in [2.24, 2.45) is 0 Å². The van der Waals surface area contributed by atoms with Gasteiger partial charge in [-0.3, -0.25) is 4.79 Å². The van der Waals surface area contributed by atoms with Crippen LogP contribution < -0.4 is 16.0 Å². The van der Waals surface area contributed by atoms with Gasteiger partial charge in [0.05, 0.1) is 6.42 Å². The largest absolute Gasteiger partial charge is 0.399 e. The van der Waals surface area contributed by atoms with Gasteiger partial charge in [-0.15, -0.1) is 24.8 Å². The molecule has 1 amide bonds. The van der Waals surface area contributed by atoms with Crippen LogP contribution in [0.5, 0.6) is 0 Å². The predicted molar refractivity (Wildman–Crippen MR) is 116 cm³/mol. The fourth-order valence-electron chi connectivity index (χ4n) is 3.09. The molecule has 1 saturated heterocycles. The first-order valence-corrected chi connectivity index (χ1v) is 9.02. The fourth-order valence-corrected chi connectivity index (χ4v) is 3.09. The minimum absolute atomic E-state index is 0. The predicted octanol–water partition coefficient (Wildman–Crippen LogP) is 3.75. The molecule has 1 aromatic carbocycles. The summed E-state index contributed by atoms with van der Waals surface area (Å²) in [7, 11) is 0. The molecule has 0 bridgehead atoms. The normalized spacial score (nSPS) is 13.7. The molecule has 1 aliphatic heterocycles. The highest BCUT2D eigenvalue weighted by Gasteiger charge is 2.11. The summed E-state index contributed by atoms with van der Waals surface area (Å²) in [6.07, 6.45) is 7.34. The molecule has 0 atom stereocenters. The molecule has 1 aromatic heterocycles. The van der Waals surface area contributed by atoms with Crippen molar-refractivity contribution in [1.29, 1.82) is 0 Å². The number of nitrogen functional groups attached to an aromatic ring is 1. The Morgan fingerprint density at radius 3 is 2.19 bits per heavy atom. The summed E-state index contributed by atoms with van der Waals surface area (Å²) in [5.74, 6) is 1.04. The van der Waals surface area contributed by atoms with Crippen molar-refractivity contribution in [1.82, 2.24) is 10.3 Å². The van der Waals surface area contributed by atoms with E-state index in [2.05, 4.69) is 27.3 Å². The third kappa shape index (κ3) is 7.27. The van der Waals surface area contributed by atoms with Crippen LogP contribution in [-0.4, -0.2) is 24.0 Å². The van der Waals surface area contributed by atoms with Gasteiger partial charge in [0.25, 0.3) is 0 Å². The molecule has 0 radical (unpaired) electrons. The first-order chi connectivity index (χ1) is 12.2. The zero-order chi connectivity index (χ0) is 17.5. The Kier molecular flexibility index (Phi) is 9.97. The van der Waals surface area contributed by atoms with E-state index in [0.29, 0.717) is 18.7 Å². The number of amides is 1. The summed E-state index contributed by atoms with van der Waals surface area (Å²) in [6, 6.07) is 11.5. The lowest BCUT2D eigenvalue weighted by molar-refractivity contribution is -0.120. The molecule has 7 heteroatoms. The molecule has 1 fully saturated rings. The summed E-state index contributed by atoms with van der Waals surface area (Å²) in [4.78, 5) is 19.0. The van der Waals surface area contributed by atoms with Gasteiger partial charge in [0.1, 0.15) is 5.82 Å². The molecular weight excluding hydrogens is 383 g/mol. The third-order valence-corrected chi connectivity index (χ3v) is 4.57. The van der Waals surface area contributed by atoms with E-state index in [4.69, 9.17) is 5.73 Å².